The Kier molecular flexibility index (Phi) is 8.43. The molecule has 1 heterocycles. The number of hydrogen-bond donors (Lipinski definition) is 1. The molecule has 158 valence electrons. The maximum atomic E-state index is 13.1. The highest BCUT2D eigenvalue weighted by atomic mass is 35.5. The fourth-order valence-corrected chi connectivity index (χ4v) is 4.86. The Balaban J connectivity index is 2.33. The first-order valence-corrected chi connectivity index (χ1v) is 12.6. The summed E-state index contributed by atoms with van der Waals surface area (Å²) < 4.78 is 24.1. The Labute approximate surface area is 182 Å². The van der Waals surface area contributed by atoms with Crippen molar-refractivity contribution in [3.05, 3.63) is 52.5 Å². The number of benzene rings is 1. The van der Waals surface area contributed by atoms with Gasteiger partial charge in [0.2, 0.25) is 5.91 Å². The van der Waals surface area contributed by atoms with Gasteiger partial charge < -0.3 is 5.32 Å². The second-order valence-corrected chi connectivity index (χ2v) is 10.8. The van der Waals surface area contributed by atoms with Gasteiger partial charge in [-0.15, -0.1) is 6.58 Å². The van der Waals surface area contributed by atoms with Crippen molar-refractivity contribution in [2.45, 2.75) is 50.3 Å². The van der Waals surface area contributed by atoms with Gasteiger partial charge >= 0.3 is 0 Å². The summed E-state index contributed by atoms with van der Waals surface area (Å²) in [6.45, 7) is 7.74. The maximum Gasteiger partial charge on any atom is 0.233 e. The molecule has 2 aromatic rings. The normalized spacial score (nSPS) is 13.7. The van der Waals surface area contributed by atoms with Gasteiger partial charge in [0, 0.05) is 6.26 Å². The lowest BCUT2D eigenvalue weighted by Gasteiger charge is -2.22. The number of carbonyl (C=O) groups is 1. The van der Waals surface area contributed by atoms with Crippen molar-refractivity contribution in [3.63, 3.8) is 0 Å². The van der Waals surface area contributed by atoms with Crippen molar-refractivity contribution in [3.8, 4) is 0 Å². The first-order valence-electron chi connectivity index (χ1n) is 9.50. The summed E-state index contributed by atoms with van der Waals surface area (Å²) in [5.74, 6) is -0.291. The highest BCUT2D eigenvalue weighted by Gasteiger charge is 2.25. The van der Waals surface area contributed by atoms with Crippen molar-refractivity contribution < 1.29 is 13.2 Å². The number of hydrogen-bond acceptors (Lipinski definition) is 5. The van der Waals surface area contributed by atoms with Crippen molar-refractivity contribution in [2.75, 3.05) is 11.6 Å². The largest absolute Gasteiger partial charge is 0.301 e. The fourth-order valence-electron chi connectivity index (χ4n) is 3.27. The van der Waals surface area contributed by atoms with Gasteiger partial charge in [-0.1, -0.05) is 60.9 Å². The summed E-state index contributed by atoms with van der Waals surface area (Å²) in [7, 11) is -3.29. The number of sulfone groups is 1. The zero-order chi connectivity index (χ0) is 21.6. The lowest BCUT2D eigenvalue weighted by molar-refractivity contribution is -0.118. The quantitative estimate of drug-likeness (QED) is 0.473. The summed E-state index contributed by atoms with van der Waals surface area (Å²) in [6, 6.07) is 6.55. The number of nitrogens with one attached hydrogen (secondary N) is 1. The van der Waals surface area contributed by atoms with Crippen LogP contribution in [0.1, 0.15) is 49.8 Å². The molecule has 0 radical (unpaired) electrons. The third kappa shape index (κ3) is 6.66. The third-order valence-electron chi connectivity index (χ3n) is 4.76. The smallest absolute Gasteiger partial charge is 0.233 e. The number of aryl methyl sites for hydroxylation is 1. The van der Waals surface area contributed by atoms with Crippen LogP contribution in [0.3, 0.4) is 0 Å². The highest BCUT2D eigenvalue weighted by molar-refractivity contribution is 7.90. The van der Waals surface area contributed by atoms with Crippen molar-refractivity contribution in [1.29, 1.82) is 0 Å². The van der Waals surface area contributed by atoms with E-state index in [4.69, 9.17) is 11.6 Å². The predicted molar refractivity (Wildman–Crippen MR) is 121 cm³/mol. The molecule has 1 aromatic carbocycles. The average Bonchev–Trinajstić information content (AvgIpc) is 2.96. The van der Waals surface area contributed by atoms with E-state index >= 15 is 0 Å². The van der Waals surface area contributed by atoms with Crippen LogP contribution in [0.4, 0.5) is 5.13 Å². The number of anilines is 1. The summed E-state index contributed by atoms with van der Waals surface area (Å²) in [5.41, 5.74) is 1.45. The van der Waals surface area contributed by atoms with E-state index in [1.165, 1.54) is 17.6 Å². The molecule has 1 amide bonds. The van der Waals surface area contributed by atoms with E-state index in [2.05, 4.69) is 23.8 Å². The standard InChI is InChI=1S/C21H27ClN2O3S2/c1-5-7-15(8-6-2)13-18(16-9-11-17(12-10-16)29(4,26)27)20(25)24-21-23-14(3)19(22)28-21/h5,9-12,15,18H,1,6-8,13H2,2-4H3,(H,23,24,25). The molecule has 0 aliphatic rings. The lowest BCUT2D eigenvalue weighted by Crippen LogP contribution is -2.23. The lowest BCUT2D eigenvalue weighted by atomic mass is 9.84. The molecule has 2 unspecified atom stereocenters. The molecular weight excluding hydrogens is 428 g/mol. The molecule has 5 nitrogen and oxygen atoms in total. The number of allylic oxidation sites excluding steroid dienone is 1. The van der Waals surface area contributed by atoms with Crippen LogP contribution in [-0.4, -0.2) is 25.6 Å². The van der Waals surface area contributed by atoms with Gasteiger partial charge in [-0.2, -0.15) is 0 Å². The number of nitrogens with zero attached hydrogens (tertiary/aromatic N) is 1. The number of amides is 1. The molecule has 1 N–H and O–H groups in total. The predicted octanol–water partition coefficient (Wildman–Crippen LogP) is 5.61. The van der Waals surface area contributed by atoms with Gasteiger partial charge in [-0.3, -0.25) is 4.79 Å². The summed E-state index contributed by atoms with van der Waals surface area (Å²) in [4.78, 5) is 17.6. The Hall–Kier alpha value is -1.70. The molecule has 1 aromatic heterocycles. The average molecular weight is 455 g/mol. The maximum absolute atomic E-state index is 13.1. The Morgan fingerprint density at radius 2 is 2.00 bits per heavy atom. The molecule has 0 bridgehead atoms. The number of rotatable bonds is 10. The summed E-state index contributed by atoms with van der Waals surface area (Å²) in [6.07, 6.45) is 6.51. The van der Waals surface area contributed by atoms with Crippen LogP contribution in [0.2, 0.25) is 4.34 Å². The molecular formula is C21H27ClN2O3S2. The Bertz CT molecular complexity index is 933. The van der Waals surface area contributed by atoms with Gasteiger partial charge in [-0.25, -0.2) is 13.4 Å². The minimum Gasteiger partial charge on any atom is -0.301 e. The molecule has 2 atom stereocenters. The van der Waals surface area contributed by atoms with Gasteiger partial charge in [0.05, 0.1) is 16.5 Å². The SMILES string of the molecule is C=CCC(CCC)CC(C(=O)Nc1nc(C)c(Cl)s1)c1ccc(S(C)(=O)=O)cc1. The highest BCUT2D eigenvalue weighted by Crippen LogP contribution is 2.32. The topological polar surface area (TPSA) is 76.1 Å². The number of halogens is 1. The van der Waals surface area contributed by atoms with Crippen LogP contribution in [-0.2, 0) is 14.6 Å². The van der Waals surface area contributed by atoms with Crippen molar-refractivity contribution in [1.82, 2.24) is 4.98 Å². The van der Waals surface area contributed by atoms with Crippen LogP contribution in [0.15, 0.2) is 41.8 Å². The van der Waals surface area contributed by atoms with Crippen LogP contribution in [0, 0.1) is 12.8 Å². The van der Waals surface area contributed by atoms with E-state index in [9.17, 15) is 13.2 Å². The van der Waals surface area contributed by atoms with E-state index in [1.54, 1.807) is 31.2 Å². The zero-order valence-corrected chi connectivity index (χ0v) is 19.3. The summed E-state index contributed by atoms with van der Waals surface area (Å²) in [5, 5.41) is 3.34. The van der Waals surface area contributed by atoms with E-state index in [0.29, 0.717) is 27.5 Å². The molecule has 0 saturated heterocycles. The van der Waals surface area contributed by atoms with E-state index in [0.717, 1.165) is 24.8 Å². The summed E-state index contributed by atoms with van der Waals surface area (Å²) >= 11 is 7.30. The van der Waals surface area contributed by atoms with Crippen molar-refractivity contribution >= 4 is 43.8 Å². The Morgan fingerprint density at radius 1 is 1.34 bits per heavy atom. The monoisotopic (exact) mass is 454 g/mol. The molecule has 8 heteroatoms. The minimum absolute atomic E-state index is 0.173. The van der Waals surface area contributed by atoms with E-state index in [-0.39, 0.29) is 10.8 Å². The van der Waals surface area contributed by atoms with Crippen LogP contribution >= 0.6 is 22.9 Å². The van der Waals surface area contributed by atoms with Gasteiger partial charge in [0.1, 0.15) is 4.34 Å². The fraction of sp³-hybridized carbons (Fsp3) is 0.429. The molecule has 0 aliphatic heterocycles. The second-order valence-electron chi connectivity index (χ2n) is 7.18. The molecule has 0 saturated carbocycles. The van der Waals surface area contributed by atoms with Crippen LogP contribution < -0.4 is 5.32 Å². The second kappa shape index (κ2) is 10.4. The van der Waals surface area contributed by atoms with Crippen molar-refractivity contribution in [2.24, 2.45) is 5.92 Å². The first kappa shape index (κ1) is 23.6. The third-order valence-corrected chi connectivity index (χ3v) is 7.26. The van der Waals surface area contributed by atoms with Crippen LogP contribution in [0.5, 0.6) is 0 Å². The molecule has 0 spiro atoms. The molecule has 0 fully saturated rings. The zero-order valence-electron chi connectivity index (χ0n) is 16.9. The number of thiazole rings is 1. The molecule has 0 aliphatic carbocycles. The van der Waals surface area contributed by atoms with Crippen LogP contribution in [0.25, 0.3) is 0 Å². The van der Waals surface area contributed by atoms with E-state index in [1.807, 2.05) is 6.08 Å². The molecule has 2 rings (SSSR count). The van der Waals surface area contributed by atoms with Gasteiger partial charge in [0.25, 0.3) is 0 Å². The van der Waals surface area contributed by atoms with E-state index < -0.39 is 15.8 Å². The molecule has 29 heavy (non-hydrogen) atoms. The number of carbonyl (C=O) groups excluding carboxylic acids is 1. The van der Waals surface area contributed by atoms with Gasteiger partial charge in [-0.05, 0) is 43.4 Å². The first-order chi connectivity index (χ1) is 13.7. The van der Waals surface area contributed by atoms with Gasteiger partial charge in [0.15, 0.2) is 15.0 Å². The Morgan fingerprint density at radius 3 is 2.48 bits per heavy atom. The number of aromatic nitrogens is 1. The minimum atomic E-state index is -3.29.